The lowest BCUT2D eigenvalue weighted by atomic mass is 10.1. The summed E-state index contributed by atoms with van der Waals surface area (Å²) in [6.07, 6.45) is 0. The van der Waals surface area contributed by atoms with Crippen LogP contribution >= 0.6 is 20.8 Å². The maximum absolute atomic E-state index is 12.7. The summed E-state index contributed by atoms with van der Waals surface area (Å²) in [6.45, 7) is 1.80. The maximum atomic E-state index is 12.7. The number of hydrogen-bond donors (Lipinski definition) is 0. The zero-order valence-electron chi connectivity index (χ0n) is 6.44. The molecule has 1 aromatic rings. The van der Waals surface area contributed by atoms with Gasteiger partial charge in [-0.2, -0.15) is 8.78 Å². The monoisotopic (exact) mass is 208 g/mol. The SMILES string of the molecule is Cc1ccc(C(F)(F)P)c(Cl)c1. The van der Waals surface area contributed by atoms with Crippen LogP contribution < -0.4 is 0 Å². The summed E-state index contributed by atoms with van der Waals surface area (Å²) in [4.78, 5) is 0. The molecular formula is C8H8ClF2P. The minimum Gasteiger partial charge on any atom is -0.197 e. The molecular weight excluding hydrogens is 201 g/mol. The minimum atomic E-state index is -2.94. The second-order valence-corrected chi connectivity index (χ2v) is 3.74. The molecule has 1 atom stereocenters. The Labute approximate surface area is 77.1 Å². The molecule has 1 aromatic carbocycles. The van der Waals surface area contributed by atoms with Crippen LogP contribution in [0.1, 0.15) is 11.1 Å². The molecule has 0 spiro atoms. The Morgan fingerprint density at radius 2 is 2.00 bits per heavy atom. The molecule has 0 amide bonds. The second-order valence-electron chi connectivity index (χ2n) is 2.61. The van der Waals surface area contributed by atoms with Gasteiger partial charge in [0.1, 0.15) is 0 Å². The van der Waals surface area contributed by atoms with E-state index in [4.69, 9.17) is 11.6 Å². The number of rotatable bonds is 1. The number of benzene rings is 1. The zero-order valence-corrected chi connectivity index (χ0v) is 8.35. The smallest absolute Gasteiger partial charge is 0.197 e. The zero-order chi connectivity index (χ0) is 9.35. The lowest BCUT2D eigenvalue weighted by molar-refractivity contribution is 0.104. The molecule has 1 rings (SSSR count). The quantitative estimate of drug-likeness (QED) is 0.619. The largest absolute Gasteiger partial charge is 0.285 e. The average Bonchev–Trinajstić information content (AvgIpc) is 1.83. The van der Waals surface area contributed by atoms with Gasteiger partial charge in [0, 0.05) is 5.56 Å². The van der Waals surface area contributed by atoms with Crippen LogP contribution in [-0.4, -0.2) is 0 Å². The Balaban J connectivity index is 3.19. The highest BCUT2D eigenvalue weighted by Crippen LogP contribution is 2.38. The molecule has 0 nitrogen and oxygen atoms in total. The Kier molecular flexibility index (Phi) is 2.70. The molecule has 4 heteroatoms. The molecule has 1 unspecified atom stereocenters. The van der Waals surface area contributed by atoms with Gasteiger partial charge in [0.2, 0.25) is 0 Å². The molecule has 0 fully saturated rings. The minimum absolute atomic E-state index is 0.106. The van der Waals surface area contributed by atoms with Gasteiger partial charge in [-0.15, -0.1) is 0 Å². The molecule has 0 aliphatic heterocycles. The topological polar surface area (TPSA) is 0 Å². The summed E-state index contributed by atoms with van der Waals surface area (Å²) in [7, 11) is 1.46. The maximum Gasteiger partial charge on any atom is 0.285 e. The van der Waals surface area contributed by atoms with Crippen molar-refractivity contribution in [1.82, 2.24) is 0 Å². The van der Waals surface area contributed by atoms with Crippen LogP contribution in [0.25, 0.3) is 0 Å². The van der Waals surface area contributed by atoms with Crippen LogP contribution in [0.4, 0.5) is 8.78 Å². The van der Waals surface area contributed by atoms with Crippen molar-refractivity contribution in [2.24, 2.45) is 0 Å². The Bertz CT molecular complexity index is 294. The van der Waals surface area contributed by atoms with Crippen molar-refractivity contribution in [1.29, 1.82) is 0 Å². The Morgan fingerprint density at radius 3 is 2.42 bits per heavy atom. The van der Waals surface area contributed by atoms with Gasteiger partial charge >= 0.3 is 0 Å². The van der Waals surface area contributed by atoms with Gasteiger partial charge in [-0.3, -0.25) is 0 Å². The lowest BCUT2D eigenvalue weighted by Gasteiger charge is -2.12. The summed E-state index contributed by atoms with van der Waals surface area (Å²) in [5.41, 5.74) is -2.22. The third-order valence-corrected chi connectivity index (χ3v) is 2.11. The first-order valence-electron chi connectivity index (χ1n) is 3.34. The van der Waals surface area contributed by atoms with Gasteiger partial charge in [-0.1, -0.05) is 33.0 Å². The van der Waals surface area contributed by atoms with Gasteiger partial charge in [-0.05, 0) is 18.6 Å². The molecule has 66 valence electrons. The van der Waals surface area contributed by atoms with Crippen LogP contribution in [0, 0.1) is 6.92 Å². The molecule has 0 aliphatic carbocycles. The summed E-state index contributed by atoms with van der Waals surface area (Å²) < 4.78 is 25.5. The van der Waals surface area contributed by atoms with Gasteiger partial charge in [0.15, 0.2) is 0 Å². The number of hydrogen-bond acceptors (Lipinski definition) is 0. The first kappa shape index (κ1) is 9.88. The predicted octanol–water partition coefficient (Wildman–Crippen LogP) is 3.57. The number of halogens is 3. The standard InChI is InChI=1S/C8H8ClF2P/c1-5-2-3-6(7(9)4-5)8(10,11)12/h2-4H,12H2,1H3. The highest BCUT2D eigenvalue weighted by atomic mass is 35.5. The van der Waals surface area contributed by atoms with Crippen molar-refractivity contribution in [3.05, 3.63) is 34.3 Å². The lowest BCUT2D eigenvalue weighted by Crippen LogP contribution is -2.03. The van der Waals surface area contributed by atoms with Crippen molar-refractivity contribution < 1.29 is 8.78 Å². The first-order valence-corrected chi connectivity index (χ1v) is 4.30. The van der Waals surface area contributed by atoms with Crippen molar-refractivity contribution >= 4 is 20.8 Å². The van der Waals surface area contributed by atoms with E-state index in [9.17, 15) is 8.78 Å². The van der Waals surface area contributed by atoms with Gasteiger partial charge in [-0.25, -0.2) is 0 Å². The van der Waals surface area contributed by atoms with Gasteiger partial charge in [0.05, 0.1) is 5.02 Å². The molecule has 12 heavy (non-hydrogen) atoms. The highest BCUT2D eigenvalue weighted by molar-refractivity contribution is 7.17. The molecule has 0 bridgehead atoms. The summed E-state index contributed by atoms with van der Waals surface area (Å²) in [5, 5.41) is 0.106. The van der Waals surface area contributed by atoms with E-state index in [0.717, 1.165) is 5.56 Å². The average molecular weight is 209 g/mol. The molecule has 0 N–H and O–H groups in total. The fourth-order valence-corrected chi connectivity index (χ4v) is 1.59. The molecule has 0 aliphatic rings. The number of aryl methyl sites for hydroxylation is 1. The van der Waals surface area contributed by atoms with E-state index in [2.05, 4.69) is 0 Å². The van der Waals surface area contributed by atoms with E-state index in [-0.39, 0.29) is 10.6 Å². The van der Waals surface area contributed by atoms with E-state index in [1.165, 1.54) is 21.4 Å². The van der Waals surface area contributed by atoms with E-state index >= 15 is 0 Å². The van der Waals surface area contributed by atoms with Crippen molar-refractivity contribution in [2.45, 2.75) is 12.6 Å². The summed E-state index contributed by atoms with van der Waals surface area (Å²) in [5.74, 6) is 0. The van der Waals surface area contributed by atoms with Crippen LogP contribution in [-0.2, 0) is 5.66 Å². The fourth-order valence-electron chi connectivity index (χ4n) is 0.890. The first-order chi connectivity index (χ1) is 5.41. The molecule has 0 aromatic heterocycles. The number of alkyl halides is 2. The van der Waals surface area contributed by atoms with E-state index in [1.807, 2.05) is 0 Å². The van der Waals surface area contributed by atoms with Crippen molar-refractivity contribution in [2.75, 3.05) is 0 Å². The normalized spacial score (nSPS) is 11.8. The van der Waals surface area contributed by atoms with Crippen molar-refractivity contribution in [3.63, 3.8) is 0 Å². The second kappa shape index (κ2) is 3.27. The fraction of sp³-hybridized carbons (Fsp3) is 0.250. The molecule has 0 heterocycles. The van der Waals surface area contributed by atoms with E-state index in [0.29, 0.717) is 0 Å². The van der Waals surface area contributed by atoms with Crippen LogP contribution in [0.2, 0.25) is 5.02 Å². The molecule has 0 saturated carbocycles. The van der Waals surface area contributed by atoms with Gasteiger partial charge in [0.25, 0.3) is 5.66 Å². The predicted molar refractivity (Wildman–Crippen MR) is 49.8 cm³/mol. The van der Waals surface area contributed by atoms with E-state index in [1.54, 1.807) is 13.0 Å². The third-order valence-electron chi connectivity index (χ3n) is 1.48. The van der Waals surface area contributed by atoms with Crippen LogP contribution in [0.15, 0.2) is 18.2 Å². The molecule has 0 saturated heterocycles. The van der Waals surface area contributed by atoms with Crippen LogP contribution in [0.3, 0.4) is 0 Å². The Hall–Kier alpha value is -0.200. The van der Waals surface area contributed by atoms with Crippen LogP contribution in [0.5, 0.6) is 0 Å². The Morgan fingerprint density at radius 1 is 1.42 bits per heavy atom. The highest BCUT2D eigenvalue weighted by Gasteiger charge is 2.26. The summed E-state index contributed by atoms with van der Waals surface area (Å²) in [6, 6.07) is 4.47. The van der Waals surface area contributed by atoms with E-state index < -0.39 is 5.66 Å². The third kappa shape index (κ3) is 2.15. The van der Waals surface area contributed by atoms with Gasteiger partial charge < -0.3 is 0 Å². The van der Waals surface area contributed by atoms with Crippen molar-refractivity contribution in [3.8, 4) is 0 Å². The molecule has 0 radical (unpaired) electrons. The summed E-state index contributed by atoms with van der Waals surface area (Å²) >= 11 is 5.62.